The lowest BCUT2D eigenvalue weighted by Crippen LogP contribution is -2.49. The van der Waals surface area contributed by atoms with Gasteiger partial charge in [0.1, 0.15) is 11.8 Å². The molecule has 2 atom stereocenters. The number of carbonyl (C=O) groups is 3. The van der Waals surface area contributed by atoms with Gasteiger partial charge in [0.2, 0.25) is 5.91 Å². The molecule has 0 bridgehead atoms. The summed E-state index contributed by atoms with van der Waals surface area (Å²) in [6.07, 6.45) is 1.42. The lowest BCUT2D eigenvalue weighted by atomic mass is 10.1. The predicted octanol–water partition coefficient (Wildman–Crippen LogP) is 1.10. The first-order valence-corrected chi connectivity index (χ1v) is 10.6. The van der Waals surface area contributed by atoms with Gasteiger partial charge in [-0.3, -0.25) is 4.79 Å². The molecule has 2 heterocycles. The Morgan fingerprint density at radius 2 is 1.96 bits per heavy atom. The molecule has 1 aromatic carbocycles. The van der Waals surface area contributed by atoms with Crippen LogP contribution in [0.2, 0.25) is 0 Å². The summed E-state index contributed by atoms with van der Waals surface area (Å²) in [4.78, 5) is 37.5. The molecule has 0 aliphatic carbocycles. The van der Waals surface area contributed by atoms with Crippen LogP contribution in [-0.2, 0) is 16.0 Å². The third-order valence-corrected chi connectivity index (χ3v) is 5.77. The Kier molecular flexibility index (Phi) is 7.16. The van der Waals surface area contributed by atoms with Crippen LogP contribution in [0.4, 0.5) is 4.79 Å². The van der Waals surface area contributed by atoms with E-state index in [4.69, 9.17) is 4.74 Å². The van der Waals surface area contributed by atoms with Gasteiger partial charge in [0, 0.05) is 31.0 Å². The maximum atomic E-state index is 12.2. The first kappa shape index (κ1) is 20.5. The van der Waals surface area contributed by atoms with Crippen LogP contribution in [-0.4, -0.2) is 71.2 Å². The highest BCUT2D eigenvalue weighted by Crippen LogP contribution is 2.17. The summed E-state index contributed by atoms with van der Waals surface area (Å²) >= 11 is 1.81. The Morgan fingerprint density at radius 3 is 2.57 bits per heavy atom. The summed E-state index contributed by atoms with van der Waals surface area (Å²) in [6, 6.07) is 5.39. The van der Waals surface area contributed by atoms with Gasteiger partial charge in [-0.05, 0) is 37.1 Å². The van der Waals surface area contributed by atoms with E-state index in [0.717, 1.165) is 30.0 Å². The molecule has 2 fully saturated rings. The van der Waals surface area contributed by atoms with Crippen molar-refractivity contribution >= 4 is 29.7 Å². The fourth-order valence-corrected chi connectivity index (χ4v) is 4.12. The SMILES string of the molecule is O=C(O)[C@H](Cc1ccc(OC(=O)N2CCSCC2)cc1)NC(=O)[C@@H]1CCCN1. The molecule has 2 aliphatic rings. The Morgan fingerprint density at radius 1 is 1.25 bits per heavy atom. The summed E-state index contributed by atoms with van der Waals surface area (Å²) in [5.74, 6) is 0.873. The molecular weight excluding hydrogens is 382 g/mol. The van der Waals surface area contributed by atoms with Crippen molar-refractivity contribution in [3.8, 4) is 5.75 Å². The molecular formula is C19H25N3O5S. The molecule has 1 aromatic rings. The van der Waals surface area contributed by atoms with Gasteiger partial charge in [0.05, 0.1) is 6.04 Å². The minimum atomic E-state index is -1.08. The zero-order valence-corrected chi connectivity index (χ0v) is 16.4. The van der Waals surface area contributed by atoms with Crippen molar-refractivity contribution in [1.29, 1.82) is 0 Å². The van der Waals surface area contributed by atoms with Gasteiger partial charge in [-0.25, -0.2) is 9.59 Å². The van der Waals surface area contributed by atoms with Gasteiger partial charge in [-0.2, -0.15) is 11.8 Å². The van der Waals surface area contributed by atoms with Crippen molar-refractivity contribution in [3.05, 3.63) is 29.8 Å². The van der Waals surface area contributed by atoms with E-state index in [2.05, 4.69) is 10.6 Å². The molecule has 0 unspecified atom stereocenters. The smallest absolute Gasteiger partial charge is 0.415 e. The molecule has 0 spiro atoms. The highest BCUT2D eigenvalue weighted by atomic mass is 32.2. The number of ether oxygens (including phenoxy) is 1. The maximum absolute atomic E-state index is 12.2. The highest BCUT2D eigenvalue weighted by Gasteiger charge is 2.27. The van der Waals surface area contributed by atoms with E-state index in [1.165, 1.54) is 0 Å². The average Bonchev–Trinajstić information content (AvgIpc) is 3.24. The number of hydrogen-bond acceptors (Lipinski definition) is 6. The van der Waals surface area contributed by atoms with Crippen LogP contribution in [0.5, 0.6) is 5.75 Å². The van der Waals surface area contributed by atoms with Crippen LogP contribution in [0, 0.1) is 0 Å². The molecule has 28 heavy (non-hydrogen) atoms. The fourth-order valence-electron chi connectivity index (χ4n) is 3.22. The summed E-state index contributed by atoms with van der Waals surface area (Å²) in [7, 11) is 0. The van der Waals surface area contributed by atoms with Gasteiger partial charge in [-0.15, -0.1) is 0 Å². The third kappa shape index (κ3) is 5.62. The van der Waals surface area contributed by atoms with Crippen LogP contribution < -0.4 is 15.4 Å². The van der Waals surface area contributed by atoms with E-state index >= 15 is 0 Å². The largest absolute Gasteiger partial charge is 0.480 e. The molecule has 3 N–H and O–H groups in total. The lowest BCUT2D eigenvalue weighted by molar-refractivity contribution is -0.142. The molecule has 2 saturated heterocycles. The van der Waals surface area contributed by atoms with Crippen molar-refractivity contribution in [1.82, 2.24) is 15.5 Å². The number of rotatable bonds is 6. The molecule has 0 aromatic heterocycles. The number of carboxylic acids is 1. The maximum Gasteiger partial charge on any atom is 0.415 e. The Bertz CT molecular complexity index is 700. The van der Waals surface area contributed by atoms with Crippen molar-refractivity contribution in [2.75, 3.05) is 31.1 Å². The topological polar surface area (TPSA) is 108 Å². The minimum Gasteiger partial charge on any atom is -0.480 e. The summed E-state index contributed by atoms with van der Waals surface area (Å²) in [6.45, 7) is 2.13. The highest BCUT2D eigenvalue weighted by molar-refractivity contribution is 7.99. The number of aliphatic carboxylic acids is 1. The Balaban J connectivity index is 1.54. The number of amides is 2. The van der Waals surface area contributed by atoms with Gasteiger partial charge < -0.3 is 25.4 Å². The predicted molar refractivity (Wildman–Crippen MR) is 106 cm³/mol. The molecule has 2 amide bonds. The zero-order valence-electron chi connectivity index (χ0n) is 15.6. The van der Waals surface area contributed by atoms with Gasteiger partial charge >= 0.3 is 12.1 Å². The van der Waals surface area contributed by atoms with Crippen LogP contribution in [0.25, 0.3) is 0 Å². The average molecular weight is 407 g/mol. The number of nitrogens with zero attached hydrogens (tertiary/aromatic N) is 1. The van der Waals surface area contributed by atoms with Gasteiger partial charge in [0.25, 0.3) is 0 Å². The number of thioether (sulfide) groups is 1. The third-order valence-electron chi connectivity index (χ3n) is 4.83. The van der Waals surface area contributed by atoms with Crippen LogP contribution >= 0.6 is 11.8 Å². The second-order valence-electron chi connectivity index (χ2n) is 6.86. The second-order valence-corrected chi connectivity index (χ2v) is 8.09. The van der Waals surface area contributed by atoms with Crippen molar-refractivity contribution < 1.29 is 24.2 Å². The molecule has 2 aliphatic heterocycles. The van der Waals surface area contributed by atoms with E-state index in [1.54, 1.807) is 29.2 Å². The molecule has 8 nitrogen and oxygen atoms in total. The monoisotopic (exact) mass is 407 g/mol. The van der Waals surface area contributed by atoms with Crippen LogP contribution in [0.1, 0.15) is 18.4 Å². The van der Waals surface area contributed by atoms with Gasteiger partial charge in [0.15, 0.2) is 0 Å². The summed E-state index contributed by atoms with van der Waals surface area (Å²) < 4.78 is 5.38. The fraction of sp³-hybridized carbons (Fsp3) is 0.526. The van der Waals surface area contributed by atoms with Crippen molar-refractivity contribution in [2.45, 2.75) is 31.3 Å². The lowest BCUT2D eigenvalue weighted by Gasteiger charge is -2.25. The number of hydrogen-bond donors (Lipinski definition) is 3. The van der Waals surface area contributed by atoms with E-state index in [-0.39, 0.29) is 24.5 Å². The van der Waals surface area contributed by atoms with Crippen molar-refractivity contribution in [3.63, 3.8) is 0 Å². The molecule has 0 saturated carbocycles. The summed E-state index contributed by atoms with van der Waals surface area (Å²) in [5, 5.41) is 15.1. The standard InChI is InChI=1S/C19H25N3O5S/c23-17(15-2-1-7-20-15)21-16(18(24)25)12-13-3-5-14(6-4-13)27-19(26)22-8-10-28-11-9-22/h3-6,15-16,20H,1-2,7-12H2,(H,21,23)(H,24,25)/t15-,16-/m0/s1. The summed E-state index contributed by atoms with van der Waals surface area (Å²) in [5.41, 5.74) is 0.737. The molecule has 0 radical (unpaired) electrons. The van der Waals surface area contributed by atoms with Gasteiger partial charge in [-0.1, -0.05) is 12.1 Å². The number of nitrogens with one attached hydrogen (secondary N) is 2. The second kappa shape index (κ2) is 9.79. The van der Waals surface area contributed by atoms with E-state index in [9.17, 15) is 19.5 Å². The van der Waals surface area contributed by atoms with E-state index < -0.39 is 12.0 Å². The number of carbonyl (C=O) groups excluding carboxylic acids is 2. The Labute approximate surface area is 168 Å². The quantitative estimate of drug-likeness (QED) is 0.648. The van der Waals surface area contributed by atoms with Crippen molar-refractivity contribution in [2.24, 2.45) is 0 Å². The normalized spacial score (nSPS) is 20.4. The van der Waals surface area contributed by atoms with Crippen LogP contribution in [0.3, 0.4) is 0 Å². The number of carboxylic acid groups (broad SMARTS) is 1. The molecule has 152 valence electrons. The molecule has 9 heteroatoms. The molecule has 3 rings (SSSR count). The number of benzene rings is 1. The Hall–Kier alpha value is -2.26. The van der Waals surface area contributed by atoms with Crippen LogP contribution in [0.15, 0.2) is 24.3 Å². The zero-order chi connectivity index (χ0) is 19.9. The minimum absolute atomic E-state index is 0.158. The first-order valence-electron chi connectivity index (χ1n) is 9.43. The van der Waals surface area contributed by atoms with E-state index in [0.29, 0.717) is 25.3 Å². The van der Waals surface area contributed by atoms with E-state index in [1.807, 2.05) is 11.8 Å². The first-order chi connectivity index (χ1) is 13.5.